The van der Waals surface area contributed by atoms with Crippen molar-refractivity contribution in [2.75, 3.05) is 0 Å². The highest BCUT2D eigenvalue weighted by atomic mass is 16.1. The van der Waals surface area contributed by atoms with Gasteiger partial charge in [0, 0.05) is 23.8 Å². The highest BCUT2D eigenvalue weighted by molar-refractivity contribution is 6.01. The summed E-state index contributed by atoms with van der Waals surface area (Å²) in [6.45, 7) is 2.11. The number of hydrogen-bond acceptors (Lipinski definition) is 2. The smallest absolute Gasteiger partial charge is 0.166 e. The lowest BCUT2D eigenvalue weighted by Gasteiger charge is -2.29. The Balaban J connectivity index is 1.81. The number of unbranched alkanes of at least 4 members (excludes halogenated alkanes) is 1. The van der Waals surface area contributed by atoms with E-state index in [1.165, 1.54) is 0 Å². The van der Waals surface area contributed by atoms with Crippen LogP contribution >= 0.6 is 0 Å². The fourth-order valence-corrected chi connectivity index (χ4v) is 4.44. The summed E-state index contributed by atoms with van der Waals surface area (Å²) >= 11 is 0. The molecule has 3 rings (SSSR count). The molecule has 2 aliphatic rings. The molecule has 0 spiro atoms. The number of benzene rings is 1. The van der Waals surface area contributed by atoms with Crippen LogP contribution in [0.3, 0.4) is 0 Å². The average molecular weight is 284 g/mol. The van der Waals surface area contributed by atoms with Gasteiger partial charge in [0.2, 0.25) is 0 Å². The molecule has 2 aliphatic carbocycles. The van der Waals surface area contributed by atoms with Crippen molar-refractivity contribution in [3.63, 3.8) is 0 Å². The van der Waals surface area contributed by atoms with Gasteiger partial charge >= 0.3 is 0 Å². The Labute approximate surface area is 126 Å². The SMILES string of the molecule is CCCCC(=O)[C@H]1[C@@H]2CC[C@@H](C2)[C@H]1C(=O)c1ccccc1. The Morgan fingerprint density at radius 3 is 2.38 bits per heavy atom. The standard InChI is InChI=1S/C19H24O2/c1-2-3-9-16(20)17-14-10-11-15(12-14)18(17)19(21)13-7-5-4-6-8-13/h4-8,14-15,17-18H,2-3,9-12H2,1H3/t14-,15+,17-,18-/m1/s1. The molecule has 2 heteroatoms. The van der Waals surface area contributed by atoms with Crippen molar-refractivity contribution in [2.24, 2.45) is 23.7 Å². The van der Waals surface area contributed by atoms with Crippen LogP contribution in [0.4, 0.5) is 0 Å². The Morgan fingerprint density at radius 2 is 1.71 bits per heavy atom. The predicted molar refractivity (Wildman–Crippen MR) is 83.1 cm³/mol. The lowest BCUT2D eigenvalue weighted by atomic mass is 9.73. The summed E-state index contributed by atoms with van der Waals surface area (Å²) in [6.07, 6.45) is 6.02. The fourth-order valence-electron chi connectivity index (χ4n) is 4.44. The lowest BCUT2D eigenvalue weighted by Crippen LogP contribution is -2.35. The van der Waals surface area contributed by atoms with E-state index in [1.54, 1.807) is 0 Å². The van der Waals surface area contributed by atoms with Gasteiger partial charge in [-0.05, 0) is 37.5 Å². The summed E-state index contributed by atoms with van der Waals surface area (Å²) in [4.78, 5) is 25.5. The van der Waals surface area contributed by atoms with Crippen LogP contribution < -0.4 is 0 Å². The second-order valence-corrected chi connectivity index (χ2v) is 6.68. The van der Waals surface area contributed by atoms with Gasteiger partial charge in [-0.3, -0.25) is 9.59 Å². The van der Waals surface area contributed by atoms with Gasteiger partial charge in [0.05, 0.1) is 0 Å². The van der Waals surface area contributed by atoms with Crippen molar-refractivity contribution in [2.45, 2.75) is 45.4 Å². The van der Waals surface area contributed by atoms with E-state index in [1.807, 2.05) is 30.3 Å². The van der Waals surface area contributed by atoms with E-state index in [0.29, 0.717) is 24.0 Å². The van der Waals surface area contributed by atoms with E-state index in [-0.39, 0.29) is 17.6 Å². The summed E-state index contributed by atoms with van der Waals surface area (Å²) in [5.74, 6) is 1.42. The lowest BCUT2D eigenvalue weighted by molar-refractivity contribution is -0.125. The minimum absolute atomic E-state index is 0.00278. The van der Waals surface area contributed by atoms with Crippen LogP contribution in [0.1, 0.15) is 55.8 Å². The molecule has 0 aromatic heterocycles. The minimum Gasteiger partial charge on any atom is -0.299 e. The zero-order valence-electron chi connectivity index (χ0n) is 12.8. The zero-order chi connectivity index (χ0) is 14.8. The number of Topliss-reactive ketones (excluding diaryl/α,β-unsaturated/α-hetero) is 2. The number of hydrogen-bond donors (Lipinski definition) is 0. The van der Waals surface area contributed by atoms with Gasteiger partial charge in [-0.15, -0.1) is 0 Å². The van der Waals surface area contributed by atoms with Crippen molar-refractivity contribution in [3.8, 4) is 0 Å². The van der Waals surface area contributed by atoms with Crippen molar-refractivity contribution < 1.29 is 9.59 Å². The van der Waals surface area contributed by atoms with E-state index in [2.05, 4.69) is 6.92 Å². The summed E-state index contributed by atoms with van der Waals surface area (Å²) in [5, 5.41) is 0. The van der Waals surface area contributed by atoms with Gasteiger partial charge in [0.15, 0.2) is 5.78 Å². The van der Waals surface area contributed by atoms with Crippen LogP contribution in [0.5, 0.6) is 0 Å². The molecule has 0 aliphatic heterocycles. The third kappa shape index (κ3) is 2.68. The molecular formula is C19H24O2. The van der Waals surface area contributed by atoms with E-state index in [0.717, 1.165) is 37.7 Å². The van der Waals surface area contributed by atoms with Crippen molar-refractivity contribution in [1.29, 1.82) is 0 Å². The first-order valence-corrected chi connectivity index (χ1v) is 8.34. The first kappa shape index (κ1) is 14.5. The maximum atomic E-state index is 12.9. The van der Waals surface area contributed by atoms with Crippen molar-refractivity contribution in [1.82, 2.24) is 0 Å². The minimum atomic E-state index is -0.0458. The summed E-state index contributed by atoms with van der Waals surface area (Å²) in [5.41, 5.74) is 0.781. The Morgan fingerprint density at radius 1 is 1.05 bits per heavy atom. The molecule has 0 saturated heterocycles. The molecule has 21 heavy (non-hydrogen) atoms. The topological polar surface area (TPSA) is 34.1 Å². The number of rotatable bonds is 6. The van der Waals surface area contributed by atoms with E-state index < -0.39 is 0 Å². The molecule has 2 nitrogen and oxygen atoms in total. The molecule has 0 unspecified atom stereocenters. The molecule has 2 bridgehead atoms. The number of carbonyl (C=O) groups is 2. The maximum Gasteiger partial charge on any atom is 0.166 e. The van der Waals surface area contributed by atoms with Crippen LogP contribution in [-0.4, -0.2) is 11.6 Å². The normalized spacial score (nSPS) is 30.5. The van der Waals surface area contributed by atoms with Crippen LogP contribution in [-0.2, 0) is 4.79 Å². The van der Waals surface area contributed by atoms with Gasteiger partial charge < -0.3 is 0 Å². The average Bonchev–Trinajstić information content (AvgIpc) is 3.13. The first-order chi connectivity index (χ1) is 10.2. The van der Waals surface area contributed by atoms with Crippen molar-refractivity contribution >= 4 is 11.6 Å². The van der Waals surface area contributed by atoms with Crippen LogP contribution in [0.15, 0.2) is 30.3 Å². The van der Waals surface area contributed by atoms with Crippen LogP contribution in [0.25, 0.3) is 0 Å². The van der Waals surface area contributed by atoms with Gasteiger partial charge in [-0.1, -0.05) is 43.7 Å². The molecule has 2 fully saturated rings. The molecule has 0 heterocycles. The molecule has 0 N–H and O–H groups in total. The Bertz CT molecular complexity index is 520. The number of ketones is 2. The molecule has 1 aromatic carbocycles. The van der Waals surface area contributed by atoms with E-state index >= 15 is 0 Å². The summed E-state index contributed by atoms with van der Waals surface area (Å²) < 4.78 is 0. The summed E-state index contributed by atoms with van der Waals surface area (Å²) in [6, 6.07) is 9.54. The highest BCUT2D eigenvalue weighted by Crippen LogP contribution is 2.53. The molecule has 2 saturated carbocycles. The number of carbonyl (C=O) groups excluding carboxylic acids is 2. The van der Waals surface area contributed by atoms with Gasteiger partial charge in [0.25, 0.3) is 0 Å². The largest absolute Gasteiger partial charge is 0.299 e. The second kappa shape index (κ2) is 6.13. The molecule has 0 radical (unpaired) electrons. The fraction of sp³-hybridized carbons (Fsp3) is 0.579. The Kier molecular flexibility index (Phi) is 4.23. The van der Waals surface area contributed by atoms with Crippen LogP contribution in [0.2, 0.25) is 0 Å². The third-order valence-corrected chi connectivity index (χ3v) is 5.43. The van der Waals surface area contributed by atoms with Crippen LogP contribution in [0, 0.1) is 23.7 Å². The van der Waals surface area contributed by atoms with E-state index in [9.17, 15) is 9.59 Å². The molecular weight excluding hydrogens is 260 g/mol. The van der Waals surface area contributed by atoms with Crippen molar-refractivity contribution in [3.05, 3.63) is 35.9 Å². The first-order valence-electron chi connectivity index (χ1n) is 8.34. The van der Waals surface area contributed by atoms with Gasteiger partial charge in [-0.25, -0.2) is 0 Å². The monoisotopic (exact) mass is 284 g/mol. The van der Waals surface area contributed by atoms with Gasteiger partial charge in [-0.2, -0.15) is 0 Å². The predicted octanol–water partition coefficient (Wildman–Crippen LogP) is 4.29. The summed E-state index contributed by atoms with van der Waals surface area (Å²) in [7, 11) is 0. The quantitative estimate of drug-likeness (QED) is 0.730. The Hall–Kier alpha value is -1.44. The zero-order valence-corrected chi connectivity index (χ0v) is 12.8. The maximum absolute atomic E-state index is 12.9. The molecule has 112 valence electrons. The molecule has 0 amide bonds. The highest BCUT2D eigenvalue weighted by Gasteiger charge is 2.52. The van der Waals surface area contributed by atoms with E-state index in [4.69, 9.17) is 0 Å². The third-order valence-electron chi connectivity index (χ3n) is 5.43. The molecule has 1 aromatic rings. The van der Waals surface area contributed by atoms with Gasteiger partial charge in [0.1, 0.15) is 5.78 Å². The second-order valence-electron chi connectivity index (χ2n) is 6.68. The molecule has 4 atom stereocenters. The number of fused-ring (bicyclic) bond motifs is 2.